The minimum absolute atomic E-state index is 0. The van der Waals surface area contributed by atoms with E-state index in [4.69, 9.17) is 30.6 Å². The zero-order valence-corrected chi connectivity index (χ0v) is 25.7. The van der Waals surface area contributed by atoms with E-state index in [1.165, 1.54) is 6.92 Å². The Morgan fingerprint density at radius 2 is 0.862 bits per heavy atom. The molecule has 0 aliphatic rings. The van der Waals surface area contributed by atoms with Crippen LogP contribution in [-0.4, -0.2) is 116 Å². The first kappa shape index (κ1) is 44.4. The number of carbonyl (C=O) groups is 4. The van der Waals surface area contributed by atoms with Crippen molar-refractivity contribution >= 4 is 23.9 Å². The number of hydrogen-bond acceptors (Lipinski definition) is 8. The zero-order valence-electron chi connectivity index (χ0n) is 21.7. The molecule has 0 saturated heterocycles. The fraction of sp³-hybridized carbons (Fsp3) is 0.692. The number of carboxylic acid groups (broad SMARTS) is 4. The van der Waals surface area contributed by atoms with E-state index in [2.05, 4.69) is 0 Å². The Labute approximate surface area is 263 Å². The molecule has 1 atom stereocenters. The van der Waals surface area contributed by atoms with Gasteiger partial charge in [-0.1, -0.05) is 0 Å². The summed E-state index contributed by atoms with van der Waals surface area (Å²) in [5.41, 5.74) is 0. The normalized spacial score (nSPS) is 9.97. The van der Waals surface area contributed by atoms with E-state index < -0.39 is 56.2 Å². The Morgan fingerprint density at radius 1 is 0.690 bits per heavy atom. The molecule has 154 valence electrons. The van der Waals surface area contributed by atoms with Gasteiger partial charge in [-0.15, -0.1) is 0 Å². The molecule has 0 radical (unpaired) electrons. The largest absolute Gasteiger partial charge is 1.00 e. The van der Waals surface area contributed by atoms with E-state index in [9.17, 15) is 19.2 Å². The Kier molecular flexibility index (Phi) is 42.5. The molecule has 29 heavy (non-hydrogen) atoms. The number of rotatable bonds is 12. The molecule has 0 heterocycles. The molecule has 0 rings (SSSR count). The number of carboxylic acids is 4. The molecule has 0 bridgehead atoms. The minimum Gasteiger partial charge on any atom is -1.00 e. The van der Waals surface area contributed by atoms with Crippen LogP contribution in [0.5, 0.6) is 0 Å². The molecule has 0 saturated carbocycles. The van der Waals surface area contributed by atoms with Crippen molar-refractivity contribution in [3.63, 3.8) is 0 Å². The van der Waals surface area contributed by atoms with Gasteiger partial charge in [0.2, 0.25) is 0 Å². The van der Waals surface area contributed by atoms with Crippen molar-refractivity contribution in [2.45, 2.75) is 13.0 Å². The van der Waals surface area contributed by atoms with Gasteiger partial charge in [-0.3, -0.25) is 29.0 Å². The number of aliphatic carboxylic acids is 4. The van der Waals surface area contributed by atoms with Crippen LogP contribution in [0.4, 0.5) is 0 Å². The van der Waals surface area contributed by atoms with E-state index in [1.807, 2.05) is 0 Å². The van der Waals surface area contributed by atoms with Crippen molar-refractivity contribution in [1.29, 1.82) is 0 Å². The summed E-state index contributed by atoms with van der Waals surface area (Å²) in [6.07, 6.45) is -0.560. The fourth-order valence-corrected chi connectivity index (χ4v) is 1.48. The first-order valence-electron chi connectivity index (χ1n) is 7.08. The van der Waals surface area contributed by atoms with Crippen molar-refractivity contribution in [2.24, 2.45) is 0 Å². The third-order valence-electron chi connectivity index (χ3n) is 2.43. The maximum Gasteiger partial charge on any atom is 1.00 e. The van der Waals surface area contributed by atoms with E-state index in [0.717, 1.165) is 9.80 Å². The predicted octanol–water partition coefficient (Wildman–Crippen LogP) is -14.2. The van der Waals surface area contributed by atoms with Crippen LogP contribution in [0.1, 0.15) is 12.6 Å². The van der Waals surface area contributed by atoms with Crippen LogP contribution in [-0.2, 0) is 19.2 Å². The van der Waals surface area contributed by atoms with Gasteiger partial charge >= 0.3 is 142 Å². The molecule has 1 unspecified atom stereocenters. The molecule has 0 fully saturated rings. The van der Waals surface area contributed by atoms with E-state index in [0.29, 0.717) is 0 Å². The molecule has 6 N–H and O–H groups in total. The molecule has 0 aromatic heterocycles. The molecular weight excluding hydrogens is 436 g/mol. The minimum atomic E-state index is -1.23. The van der Waals surface area contributed by atoms with Gasteiger partial charge in [0.25, 0.3) is 0 Å². The molecule has 0 aliphatic heterocycles. The van der Waals surface area contributed by atoms with Crippen LogP contribution in [0, 0.1) is 0 Å². The fourth-order valence-electron chi connectivity index (χ4n) is 1.48. The Morgan fingerprint density at radius 3 is 0.966 bits per heavy atom. The molecular formula is C13H28N2Na4O10. The summed E-state index contributed by atoms with van der Waals surface area (Å²) in [6.45, 7) is -0.862. The smallest absolute Gasteiger partial charge is 1.00 e. The molecule has 16 heteroatoms. The maximum absolute atomic E-state index is 10.6. The van der Waals surface area contributed by atoms with Crippen molar-refractivity contribution in [2.75, 3.05) is 45.9 Å². The van der Waals surface area contributed by atoms with Crippen molar-refractivity contribution in [3.8, 4) is 0 Å². The van der Waals surface area contributed by atoms with Gasteiger partial charge in [0.15, 0.2) is 0 Å². The van der Waals surface area contributed by atoms with Gasteiger partial charge < -0.3 is 36.3 Å². The third kappa shape index (κ3) is 37.4. The maximum atomic E-state index is 10.6. The summed E-state index contributed by atoms with van der Waals surface area (Å²) in [6, 6.07) is 0. The van der Waals surface area contributed by atoms with Gasteiger partial charge in [-0.05, 0) is 6.92 Å². The molecule has 12 nitrogen and oxygen atoms in total. The number of aliphatic hydroxyl groups is 2. The van der Waals surface area contributed by atoms with Crippen molar-refractivity contribution in [3.05, 3.63) is 0 Å². The number of aliphatic hydroxyl groups excluding tert-OH is 2. The Hall–Kier alpha value is 1.72. The van der Waals surface area contributed by atoms with Gasteiger partial charge in [0, 0.05) is 13.1 Å². The molecule has 0 spiro atoms. The van der Waals surface area contributed by atoms with Crippen molar-refractivity contribution < 1.29 is 174 Å². The summed E-state index contributed by atoms with van der Waals surface area (Å²) < 4.78 is 0. The molecule has 0 aromatic rings. The summed E-state index contributed by atoms with van der Waals surface area (Å²) >= 11 is 0. The van der Waals surface area contributed by atoms with Crippen LogP contribution in [0.3, 0.4) is 0 Å². The monoisotopic (exact) mass is 464 g/mol. The molecule has 0 aromatic carbocycles. The van der Waals surface area contributed by atoms with Crippen LogP contribution in [0.25, 0.3) is 0 Å². The average Bonchev–Trinajstić information content (AvgIpc) is 2.42. The number of nitrogens with zero attached hydrogens (tertiary/aromatic N) is 2. The Balaban J connectivity index is -0.0000000461. The van der Waals surface area contributed by atoms with E-state index in [1.54, 1.807) is 0 Å². The summed E-state index contributed by atoms with van der Waals surface area (Å²) in [5, 5.41) is 50.5. The first-order chi connectivity index (χ1) is 11.5. The van der Waals surface area contributed by atoms with Gasteiger partial charge in [-0.2, -0.15) is 0 Å². The summed E-state index contributed by atoms with van der Waals surface area (Å²) in [4.78, 5) is 44.4. The SMILES string of the molecule is CC(O)CO.O=C(O)CN(CCN(CC(=O)O)CC(=O)O)CC(=O)O.[H-].[H-].[H-].[H-].[Na+].[Na+].[Na+].[Na+]. The standard InChI is InChI=1S/C10H16N2O8.C3H8O2.4Na.4H/c13-7(14)3-11(4-8(15)16)1-2-12(5-9(17)18)6-10(19)20;1-3(5)2-4;;;;;;;;/h1-6H2,(H,13,14)(H,15,16)(H,17,18)(H,19,20);3-5H,2H2,1H3;;;;;;;;/q;;4*+1;4*-1. The summed E-state index contributed by atoms with van der Waals surface area (Å²) in [7, 11) is 0. The predicted molar refractivity (Wildman–Crippen MR) is 86.6 cm³/mol. The van der Waals surface area contributed by atoms with Crippen LogP contribution < -0.4 is 118 Å². The topological polar surface area (TPSA) is 196 Å². The third-order valence-corrected chi connectivity index (χ3v) is 2.43. The van der Waals surface area contributed by atoms with Crippen LogP contribution in [0.2, 0.25) is 0 Å². The molecule has 0 amide bonds. The zero-order chi connectivity index (χ0) is 20.0. The second-order valence-corrected chi connectivity index (χ2v) is 5.03. The Bertz CT molecular complexity index is 407. The molecule has 0 aliphatic carbocycles. The van der Waals surface area contributed by atoms with E-state index in [-0.39, 0.29) is 144 Å². The first-order valence-corrected chi connectivity index (χ1v) is 7.08. The average molecular weight is 464 g/mol. The van der Waals surface area contributed by atoms with Crippen LogP contribution in [0.15, 0.2) is 0 Å². The number of hydrogen-bond donors (Lipinski definition) is 6. The summed E-state index contributed by atoms with van der Waals surface area (Å²) in [5.74, 6) is -4.91. The van der Waals surface area contributed by atoms with Crippen molar-refractivity contribution in [1.82, 2.24) is 9.80 Å². The van der Waals surface area contributed by atoms with Crippen LogP contribution >= 0.6 is 0 Å². The van der Waals surface area contributed by atoms with E-state index >= 15 is 0 Å². The van der Waals surface area contributed by atoms with Gasteiger partial charge in [-0.25, -0.2) is 0 Å². The van der Waals surface area contributed by atoms with Gasteiger partial charge in [0.1, 0.15) is 0 Å². The quantitative estimate of drug-likeness (QED) is 0.149. The van der Waals surface area contributed by atoms with Gasteiger partial charge in [0.05, 0.1) is 38.9 Å². The second kappa shape index (κ2) is 27.8. The second-order valence-electron chi connectivity index (χ2n) is 5.03.